The Balaban J connectivity index is 1.60. The maximum Gasteiger partial charge on any atom is 0.211 e. The normalized spacial score (nSPS) is 11.0. The number of nitrogens with zero attached hydrogens (tertiary/aromatic N) is 6. The van der Waals surface area contributed by atoms with Crippen LogP contribution in [0.15, 0.2) is 44.6 Å². The fourth-order valence-electron chi connectivity index (χ4n) is 2.34. The fourth-order valence-corrected chi connectivity index (χ4v) is 4.84. The predicted molar refractivity (Wildman–Crippen MR) is 104 cm³/mol. The van der Waals surface area contributed by atoms with Gasteiger partial charge in [0.15, 0.2) is 9.99 Å². The van der Waals surface area contributed by atoms with Gasteiger partial charge in [-0.3, -0.25) is 0 Å². The Morgan fingerprint density at radius 3 is 2.92 bits per heavy atom. The van der Waals surface area contributed by atoms with Gasteiger partial charge in [-0.1, -0.05) is 23.5 Å². The molecule has 8 nitrogen and oxygen atoms in total. The number of anilines is 2. The van der Waals surface area contributed by atoms with Crippen LogP contribution in [0, 0.1) is 0 Å². The average Bonchev–Trinajstić information content (AvgIpc) is 3.20. The van der Waals surface area contributed by atoms with E-state index in [9.17, 15) is 0 Å². The van der Waals surface area contributed by atoms with Crippen molar-refractivity contribution in [1.29, 1.82) is 0 Å². The van der Waals surface area contributed by atoms with Gasteiger partial charge in [-0.2, -0.15) is 5.10 Å². The molecule has 0 atom stereocenters. The summed E-state index contributed by atoms with van der Waals surface area (Å²) >= 11 is 6.32. The number of methoxy groups -OCH3 is 1. The molecule has 3 aromatic heterocycles. The highest BCUT2D eigenvalue weighted by molar-refractivity contribution is 9.10. The number of hydrogen-bond donors (Lipinski definition) is 1. The summed E-state index contributed by atoms with van der Waals surface area (Å²) in [6.07, 6.45) is 1.52. The molecule has 11 heteroatoms. The first-order valence-electron chi connectivity index (χ1n) is 7.40. The van der Waals surface area contributed by atoms with Crippen LogP contribution in [0.25, 0.3) is 11.0 Å². The molecule has 0 amide bonds. The molecule has 1 aromatic carbocycles. The molecule has 0 fully saturated rings. The lowest BCUT2D eigenvalue weighted by atomic mass is 10.3. The van der Waals surface area contributed by atoms with Crippen molar-refractivity contribution in [3.05, 3.63) is 35.2 Å². The first-order chi connectivity index (χ1) is 12.7. The maximum atomic E-state index is 5.34. The van der Waals surface area contributed by atoms with Crippen LogP contribution in [0.5, 0.6) is 5.75 Å². The second kappa shape index (κ2) is 7.17. The number of nitrogens with one attached hydrogen (secondary N) is 1. The molecule has 26 heavy (non-hydrogen) atoms. The van der Waals surface area contributed by atoms with Crippen LogP contribution in [0.4, 0.5) is 10.8 Å². The highest BCUT2D eigenvalue weighted by atomic mass is 79.9. The van der Waals surface area contributed by atoms with Gasteiger partial charge in [0.05, 0.1) is 18.2 Å². The summed E-state index contributed by atoms with van der Waals surface area (Å²) in [5.74, 6) is 0.744. The molecule has 0 radical (unpaired) electrons. The lowest BCUT2D eigenvalue weighted by Gasteiger charge is -2.07. The summed E-state index contributed by atoms with van der Waals surface area (Å²) in [5.41, 5.74) is 1.59. The fraction of sp³-hybridized carbons (Fsp3) is 0.133. The zero-order valence-electron chi connectivity index (χ0n) is 13.7. The number of rotatable bonds is 5. The minimum absolute atomic E-state index is 0.674. The molecule has 0 saturated carbocycles. The average molecular weight is 450 g/mol. The number of aryl methyl sites for hydroxylation is 1. The molecule has 132 valence electrons. The monoisotopic (exact) mass is 449 g/mol. The molecular formula is C15H12BrN7OS2. The van der Waals surface area contributed by atoms with E-state index in [-0.39, 0.29) is 0 Å². The molecular weight excluding hydrogens is 438 g/mol. The van der Waals surface area contributed by atoms with Crippen molar-refractivity contribution in [2.45, 2.75) is 9.37 Å². The third-order valence-corrected chi connectivity index (χ3v) is 5.93. The highest BCUT2D eigenvalue weighted by Gasteiger charge is 2.16. The zero-order valence-corrected chi connectivity index (χ0v) is 16.9. The lowest BCUT2D eigenvalue weighted by molar-refractivity contribution is 0.417. The van der Waals surface area contributed by atoms with E-state index in [1.807, 2.05) is 31.3 Å². The third kappa shape index (κ3) is 3.24. The smallest absolute Gasteiger partial charge is 0.211 e. The van der Waals surface area contributed by atoms with E-state index in [1.165, 1.54) is 29.4 Å². The topological polar surface area (TPSA) is 90.6 Å². The van der Waals surface area contributed by atoms with Crippen LogP contribution in [-0.4, -0.2) is 37.1 Å². The first-order valence-corrected chi connectivity index (χ1v) is 9.83. The second-order valence-corrected chi connectivity index (χ2v) is 8.06. The minimum Gasteiger partial charge on any atom is -0.495 e. The number of fused-ring (bicyclic) bond motifs is 1. The molecule has 0 bridgehead atoms. The maximum absolute atomic E-state index is 5.34. The highest BCUT2D eigenvalue weighted by Crippen LogP contribution is 2.37. The van der Waals surface area contributed by atoms with Crippen LogP contribution in [0.1, 0.15) is 0 Å². The molecule has 0 spiro atoms. The van der Waals surface area contributed by atoms with Crippen molar-refractivity contribution in [3.63, 3.8) is 0 Å². The van der Waals surface area contributed by atoms with Crippen LogP contribution in [0.3, 0.4) is 0 Å². The van der Waals surface area contributed by atoms with Gasteiger partial charge in [0.2, 0.25) is 5.13 Å². The number of benzene rings is 1. The first kappa shape index (κ1) is 17.2. The third-order valence-electron chi connectivity index (χ3n) is 3.48. The summed E-state index contributed by atoms with van der Waals surface area (Å²) in [7, 11) is 3.47. The van der Waals surface area contributed by atoms with Crippen LogP contribution >= 0.6 is 39.0 Å². The van der Waals surface area contributed by atoms with Crippen LogP contribution in [-0.2, 0) is 7.05 Å². The van der Waals surface area contributed by atoms with Gasteiger partial charge in [-0.15, -0.1) is 10.2 Å². The van der Waals surface area contributed by atoms with Crippen molar-refractivity contribution in [3.8, 4) is 5.75 Å². The number of para-hydroxylation sites is 2. The van der Waals surface area contributed by atoms with Gasteiger partial charge in [0.25, 0.3) is 0 Å². The van der Waals surface area contributed by atoms with Gasteiger partial charge in [0, 0.05) is 7.05 Å². The van der Waals surface area contributed by atoms with Crippen LogP contribution < -0.4 is 10.1 Å². The number of ether oxygens (including phenoxy) is 1. The van der Waals surface area contributed by atoms with E-state index < -0.39 is 0 Å². The molecule has 0 aliphatic carbocycles. The molecule has 0 aliphatic heterocycles. The van der Waals surface area contributed by atoms with Crippen molar-refractivity contribution < 1.29 is 4.74 Å². The summed E-state index contributed by atoms with van der Waals surface area (Å²) in [5, 5.41) is 18.3. The zero-order chi connectivity index (χ0) is 18.1. The molecule has 4 aromatic rings. The summed E-state index contributed by atoms with van der Waals surface area (Å²) in [6, 6.07) is 7.65. The van der Waals surface area contributed by atoms with Crippen molar-refractivity contribution in [2.75, 3.05) is 12.4 Å². The number of aromatic nitrogens is 6. The van der Waals surface area contributed by atoms with E-state index in [2.05, 4.69) is 46.5 Å². The van der Waals surface area contributed by atoms with E-state index >= 15 is 0 Å². The summed E-state index contributed by atoms with van der Waals surface area (Å²) in [6.45, 7) is 0. The molecule has 0 unspecified atom stereocenters. The molecule has 1 N–H and O–H groups in total. The van der Waals surface area contributed by atoms with Crippen molar-refractivity contribution >= 4 is 60.9 Å². The Bertz CT molecular complexity index is 1080. The Labute approximate surface area is 165 Å². The van der Waals surface area contributed by atoms with Gasteiger partial charge in [0.1, 0.15) is 21.7 Å². The van der Waals surface area contributed by atoms with E-state index in [0.717, 1.165) is 31.8 Å². The van der Waals surface area contributed by atoms with Crippen molar-refractivity contribution in [1.82, 2.24) is 29.9 Å². The van der Waals surface area contributed by atoms with Gasteiger partial charge >= 0.3 is 0 Å². The summed E-state index contributed by atoms with van der Waals surface area (Å²) in [4.78, 5) is 8.64. The Hall–Kier alpha value is -2.24. The largest absolute Gasteiger partial charge is 0.495 e. The second-order valence-electron chi connectivity index (χ2n) is 5.09. The summed E-state index contributed by atoms with van der Waals surface area (Å²) < 4.78 is 8.52. The Kier molecular flexibility index (Phi) is 4.74. The Morgan fingerprint density at radius 2 is 2.08 bits per heavy atom. The molecule has 0 aliphatic rings. The standard InChI is InChI=1S/C15H12BrN7OS2/c1-23-12-10(11(16)22-23)13(18-7-17-12)25-15-21-20-14(26-15)19-8-5-3-4-6-9(8)24-2/h3-7H,1-2H3,(H,19,20). The number of halogens is 1. The number of hydrogen-bond acceptors (Lipinski definition) is 9. The van der Waals surface area contributed by atoms with E-state index in [0.29, 0.717) is 9.73 Å². The molecule has 0 saturated heterocycles. The molecule has 3 heterocycles. The van der Waals surface area contributed by atoms with Crippen LogP contribution in [0.2, 0.25) is 0 Å². The van der Waals surface area contributed by atoms with E-state index in [1.54, 1.807) is 11.8 Å². The van der Waals surface area contributed by atoms with Gasteiger partial charge in [-0.05, 0) is 39.8 Å². The van der Waals surface area contributed by atoms with Gasteiger partial charge < -0.3 is 10.1 Å². The SMILES string of the molecule is COc1ccccc1Nc1nnc(Sc2ncnc3c2c(Br)nn3C)s1. The minimum atomic E-state index is 0.674. The van der Waals surface area contributed by atoms with E-state index in [4.69, 9.17) is 4.74 Å². The predicted octanol–water partition coefficient (Wildman–Crippen LogP) is 3.88. The quantitative estimate of drug-likeness (QED) is 0.458. The lowest BCUT2D eigenvalue weighted by Crippen LogP contribution is -1.93. The van der Waals surface area contributed by atoms with Gasteiger partial charge in [-0.25, -0.2) is 14.6 Å². The Morgan fingerprint density at radius 1 is 1.23 bits per heavy atom. The molecule has 4 rings (SSSR count). The van der Waals surface area contributed by atoms with Crippen molar-refractivity contribution in [2.24, 2.45) is 7.05 Å².